The Morgan fingerprint density at radius 1 is 0.434 bits per heavy atom. The number of furan rings is 1. The minimum absolute atomic E-state index is 0.0446. The Balaban J connectivity index is 0.945. The summed E-state index contributed by atoms with van der Waals surface area (Å²) in [4.78, 5) is 6.11. The summed E-state index contributed by atoms with van der Waals surface area (Å²) in [5.74, 6) is 0.586. The highest BCUT2D eigenvalue weighted by molar-refractivity contribution is 6.22. The van der Waals surface area contributed by atoms with E-state index in [-0.39, 0.29) is 23.8 Å². The molecule has 0 aliphatic carbocycles. The van der Waals surface area contributed by atoms with Crippen LogP contribution in [0.4, 0.5) is 0 Å². The first-order valence-electron chi connectivity index (χ1n) is 27.1. The molecule has 1 aliphatic rings. The summed E-state index contributed by atoms with van der Waals surface area (Å²) < 4.78 is 12.0. The molecule has 0 spiro atoms. The molecule has 0 bridgehead atoms. The van der Waals surface area contributed by atoms with E-state index < -0.39 is 0 Å². The summed E-state index contributed by atoms with van der Waals surface area (Å²) in [6, 6.07) is 87.3. The number of aromatic nitrogens is 2. The zero-order chi connectivity index (χ0) is 50.4. The van der Waals surface area contributed by atoms with Crippen molar-refractivity contribution in [2.45, 2.75) is 45.1 Å². The number of para-hydroxylation sites is 3. The van der Waals surface area contributed by atoms with Gasteiger partial charge in [-0.1, -0.05) is 184 Å². The summed E-state index contributed by atoms with van der Waals surface area (Å²) in [6.07, 6.45) is 2.97. The van der Waals surface area contributed by atoms with Crippen LogP contribution >= 0.6 is 0 Å². The molecule has 4 unspecified atom stereocenters. The third-order valence-electron chi connectivity index (χ3n) is 16.9. The summed E-state index contributed by atoms with van der Waals surface area (Å²) >= 11 is 0. The molecule has 4 nitrogen and oxygen atoms in total. The van der Waals surface area contributed by atoms with Crippen molar-refractivity contribution in [2.75, 3.05) is 0 Å². The third kappa shape index (κ3) is 7.22. The van der Waals surface area contributed by atoms with Crippen LogP contribution in [-0.4, -0.2) is 14.8 Å². The lowest BCUT2D eigenvalue weighted by Crippen LogP contribution is -2.18. The van der Waals surface area contributed by atoms with Crippen LogP contribution in [0, 0.1) is 11.8 Å². The predicted octanol–water partition coefficient (Wildman–Crippen LogP) is 19.5. The van der Waals surface area contributed by atoms with E-state index in [4.69, 9.17) is 9.41 Å². The van der Waals surface area contributed by atoms with Gasteiger partial charge in [0.15, 0.2) is 5.58 Å². The first-order chi connectivity index (χ1) is 37.5. The van der Waals surface area contributed by atoms with Crippen LogP contribution in [0.15, 0.2) is 246 Å². The van der Waals surface area contributed by atoms with Gasteiger partial charge >= 0.3 is 0 Å². The second-order valence-corrected chi connectivity index (χ2v) is 21.5. The smallest absolute Gasteiger partial charge is 0.159 e. The topological polar surface area (TPSA) is 35.4 Å². The fourth-order valence-corrected chi connectivity index (χ4v) is 13.2. The lowest BCUT2D eigenvalue weighted by molar-refractivity contribution is 0.403. The fraction of sp³-hybridized carbons (Fsp3) is 0.125. The maximum absolute atomic E-state index is 7.07. The molecule has 0 fully saturated rings. The number of rotatable bonds is 6. The first kappa shape index (κ1) is 44.5. The normalized spacial score (nSPS) is 18.2. The van der Waals surface area contributed by atoms with Crippen LogP contribution in [-0.2, 0) is 0 Å². The van der Waals surface area contributed by atoms with Gasteiger partial charge in [0.25, 0.3) is 0 Å². The van der Waals surface area contributed by atoms with Gasteiger partial charge in [0.05, 0.1) is 33.8 Å². The zero-order valence-corrected chi connectivity index (χ0v) is 42.7. The second-order valence-electron chi connectivity index (χ2n) is 21.5. The van der Waals surface area contributed by atoms with Crippen molar-refractivity contribution in [3.8, 4) is 22.5 Å². The van der Waals surface area contributed by atoms with Gasteiger partial charge in [-0.05, 0) is 148 Å². The molecule has 11 aromatic carbocycles. The Morgan fingerprint density at radius 3 is 1.74 bits per heavy atom. The average Bonchev–Trinajstić information content (AvgIpc) is 4.31. The average molecular weight is 978 g/mol. The van der Waals surface area contributed by atoms with E-state index in [1.807, 2.05) is 0 Å². The quantitative estimate of drug-likeness (QED) is 0.164. The molecule has 0 saturated heterocycles. The minimum Gasteiger partial charge on any atom is -0.454 e. The summed E-state index contributed by atoms with van der Waals surface area (Å²) in [5, 5.41) is 12.2. The number of nitrogens with zero attached hydrogens (tertiary/aromatic N) is 3. The zero-order valence-electron chi connectivity index (χ0n) is 42.7. The Hall–Kier alpha value is -8.99. The Labute approximate surface area is 441 Å². The standard InChI is InChI=1S/C72H55N3O/c1-45-32-33-54(55-41-62-57-26-14-16-31-68(57)76-72(62)67(44-55)75-65-42-52-22-11-9-20-50(52)39-60(65)61-40-51-21-10-12-23-53(51)43-66(61)75)38-46(2)71(73-70(45)49-36-34-48(35-37-49)47-18-5-3-6-19-47)59-28-17-30-64-69(59)58-27-13-15-29-63(58)74(64)56-24-7-4-8-25-56/h3-31,34-37,39-46,54,70H,32-33,38H2,1-2H3/b73-71+. The van der Waals surface area contributed by atoms with Crippen LogP contribution in [0.3, 0.4) is 0 Å². The lowest BCUT2D eigenvalue weighted by Gasteiger charge is -2.24. The van der Waals surface area contributed by atoms with Gasteiger partial charge in [0, 0.05) is 49.3 Å². The maximum atomic E-state index is 7.07. The molecule has 0 saturated carbocycles. The molecule has 364 valence electrons. The SMILES string of the molecule is CC1CC(c2cc(-n3c4cc5ccccc5cc4c4cc5ccccc5cc43)c3oc4ccccc4c3c2)CCC(C)C(c2ccc(-c3ccccc3)cc2)/N=C\1c1cccc2c1c1ccccc1n2-c1ccccc1. The van der Waals surface area contributed by atoms with Crippen LogP contribution in [0.5, 0.6) is 0 Å². The number of hydrogen-bond donors (Lipinski definition) is 0. The first-order valence-corrected chi connectivity index (χ1v) is 27.1. The van der Waals surface area contributed by atoms with Gasteiger partial charge < -0.3 is 13.6 Å². The van der Waals surface area contributed by atoms with E-state index in [9.17, 15) is 0 Å². The van der Waals surface area contributed by atoms with Gasteiger partial charge in [0.1, 0.15) is 5.58 Å². The van der Waals surface area contributed by atoms with E-state index in [0.717, 1.165) is 52.6 Å². The number of fused-ring (bicyclic) bond motifs is 11. The summed E-state index contributed by atoms with van der Waals surface area (Å²) in [7, 11) is 0. The second kappa shape index (κ2) is 17.9. The number of aliphatic imine (C=N–C) groups is 1. The highest BCUT2D eigenvalue weighted by Gasteiger charge is 2.31. The molecule has 4 heteroatoms. The fourth-order valence-electron chi connectivity index (χ4n) is 13.2. The van der Waals surface area contributed by atoms with E-state index in [0.29, 0.717) is 0 Å². The molecular formula is C72H55N3O. The minimum atomic E-state index is -0.0446. The van der Waals surface area contributed by atoms with Crippen molar-refractivity contribution in [1.82, 2.24) is 9.13 Å². The number of benzene rings is 11. The molecule has 0 amide bonds. The van der Waals surface area contributed by atoms with Crippen LogP contribution in [0.1, 0.15) is 61.8 Å². The van der Waals surface area contributed by atoms with Crippen molar-refractivity contribution in [2.24, 2.45) is 16.8 Å². The van der Waals surface area contributed by atoms with Gasteiger partial charge in [-0.25, -0.2) is 0 Å². The molecule has 3 aromatic heterocycles. The van der Waals surface area contributed by atoms with Crippen molar-refractivity contribution in [1.29, 1.82) is 0 Å². The van der Waals surface area contributed by atoms with Crippen molar-refractivity contribution in [3.05, 3.63) is 253 Å². The molecule has 1 aliphatic heterocycles. The highest BCUT2D eigenvalue weighted by atomic mass is 16.3. The van der Waals surface area contributed by atoms with Crippen molar-refractivity contribution in [3.63, 3.8) is 0 Å². The van der Waals surface area contributed by atoms with Crippen LogP contribution in [0.25, 0.3) is 110 Å². The monoisotopic (exact) mass is 977 g/mol. The van der Waals surface area contributed by atoms with Crippen LogP contribution < -0.4 is 0 Å². The molecule has 4 atom stereocenters. The molecule has 4 heterocycles. The van der Waals surface area contributed by atoms with E-state index in [2.05, 4.69) is 260 Å². The predicted molar refractivity (Wildman–Crippen MR) is 320 cm³/mol. The Morgan fingerprint density at radius 2 is 1.03 bits per heavy atom. The van der Waals surface area contributed by atoms with E-state index in [1.165, 1.54) is 98.7 Å². The van der Waals surface area contributed by atoms with Gasteiger partial charge in [-0.2, -0.15) is 0 Å². The largest absolute Gasteiger partial charge is 0.454 e. The van der Waals surface area contributed by atoms with Gasteiger partial charge in [-0.15, -0.1) is 0 Å². The maximum Gasteiger partial charge on any atom is 0.159 e. The van der Waals surface area contributed by atoms with Gasteiger partial charge in [0.2, 0.25) is 0 Å². The van der Waals surface area contributed by atoms with Crippen LogP contribution in [0.2, 0.25) is 0 Å². The Kier molecular flexibility index (Phi) is 10.5. The molecule has 15 rings (SSSR count). The molecule has 0 N–H and O–H groups in total. The third-order valence-corrected chi connectivity index (χ3v) is 16.9. The van der Waals surface area contributed by atoms with Gasteiger partial charge in [-0.3, -0.25) is 4.99 Å². The summed E-state index contributed by atoms with van der Waals surface area (Å²) in [5.41, 5.74) is 16.2. The van der Waals surface area contributed by atoms with E-state index >= 15 is 0 Å². The lowest BCUT2D eigenvalue weighted by atomic mass is 9.81. The number of hydrogen-bond acceptors (Lipinski definition) is 2. The van der Waals surface area contributed by atoms with Crippen molar-refractivity contribution >= 4 is 92.8 Å². The molecule has 76 heavy (non-hydrogen) atoms. The molecule has 0 radical (unpaired) electrons. The Bertz CT molecular complexity index is 4500. The molecule has 14 aromatic rings. The highest BCUT2D eigenvalue weighted by Crippen LogP contribution is 2.46. The molecular weight excluding hydrogens is 923 g/mol. The van der Waals surface area contributed by atoms with Crippen molar-refractivity contribution < 1.29 is 4.42 Å². The van der Waals surface area contributed by atoms with E-state index in [1.54, 1.807) is 0 Å². The summed E-state index contributed by atoms with van der Waals surface area (Å²) in [6.45, 7) is 4.89.